The lowest BCUT2D eigenvalue weighted by molar-refractivity contribution is -0.142. The van der Waals surface area contributed by atoms with Crippen molar-refractivity contribution in [3.63, 3.8) is 0 Å². The van der Waals surface area contributed by atoms with E-state index >= 15 is 0 Å². The molecule has 0 unspecified atom stereocenters. The molecule has 25 heteroatoms. The normalized spacial score (nSPS) is 17.5. The van der Waals surface area contributed by atoms with Gasteiger partial charge in [0.2, 0.25) is 59.1 Å². The molecule has 1 heterocycles. The molecule has 8 atom stereocenters. The van der Waals surface area contributed by atoms with Gasteiger partial charge in [0.25, 0.3) is 0 Å². The van der Waals surface area contributed by atoms with Gasteiger partial charge < -0.3 is 65.1 Å². The van der Waals surface area contributed by atoms with E-state index in [9.17, 15) is 47.9 Å². The van der Waals surface area contributed by atoms with Crippen molar-refractivity contribution in [2.24, 2.45) is 33.8 Å². The van der Waals surface area contributed by atoms with Gasteiger partial charge in [0, 0.05) is 42.9 Å². The molecule has 4 rings (SSSR count). The maximum absolute atomic E-state index is 14.5. The number of rotatable bonds is 30. The summed E-state index contributed by atoms with van der Waals surface area (Å²) >= 11 is 9.17. The molecule has 15 N–H and O–H groups in total. The summed E-state index contributed by atoms with van der Waals surface area (Å²) in [7, 11) is 0. The van der Waals surface area contributed by atoms with E-state index in [0.29, 0.717) is 18.4 Å². The molecule has 1 saturated carbocycles. The zero-order valence-corrected chi connectivity index (χ0v) is 45.6. The van der Waals surface area contributed by atoms with Crippen LogP contribution in [0.15, 0.2) is 65.7 Å². The highest BCUT2D eigenvalue weighted by Crippen LogP contribution is 2.36. The topological polar surface area (TPSA) is 375 Å². The Labute approximate surface area is 460 Å². The number of aliphatic imine (C=N–C) groups is 1. The van der Waals surface area contributed by atoms with E-state index in [4.69, 9.17) is 35.6 Å². The van der Waals surface area contributed by atoms with E-state index in [-0.39, 0.29) is 69.2 Å². The number of carbonyl (C=O) groups is 10. The summed E-state index contributed by atoms with van der Waals surface area (Å²) in [5, 5.41) is 18.6. The minimum Gasteiger partial charge on any atom is -0.370 e. The molecule has 1 saturated heterocycles. The summed E-state index contributed by atoms with van der Waals surface area (Å²) in [6, 6.07) is 8.93. The summed E-state index contributed by atoms with van der Waals surface area (Å²) in [6.45, 7) is 3.18. The largest absolute Gasteiger partial charge is 0.370 e. The number of benzene rings is 2. The van der Waals surface area contributed by atoms with Crippen molar-refractivity contribution in [2.75, 3.05) is 25.4 Å². The highest BCUT2D eigenvalue weighted by atomic mass is 32.1. The molecule has 0 aromatic heterocycles. The number of nitrogens with one attached hydrogen (secondary N) is 7. The Bertz CT molecular complexity index is 2390. The molecular weight excluding hydrogens is 1030 g/mol. The second kappa shape index (κ2) is 31.4. The molecule has 2 fully saturated rings. The van der Waals surface area contributed by atoms with E-state index in [1.54, 1.807) is 44.2 Å². The van der Waals surface area contributed by atoms with Crippen LogP contribution in [0.3, 0.4) is 0 Å². The molecule has 10 amide bonds. The first kappa shape index (κ1) is 62.6. The standard InChI is InChI=1S/C52H77N13O10S2/c1-3-31(2)43(64-47(72)36(26-33-17-9-5-10-18-33)61-45(70)35(25-32-15-7-4-8-16-32)59-42(68)28-52(77)21-11-6-12-22-52)49(74)62-37(27-40(53)66)46(71)63-38(30-76)50(75)65-24-14-20-39(65)48(73)60-34(19-13-23-57-51(55)56)44(69)58-29-41(54)67/h4-5,7-10,15-18,31,34-39,43,76-77H,3,6,11-14,19-30H2,1-2H3,(H2,53,66)(H2,54,67)(H,58,69)(H,59,68)(H,60,73)(H,61,70)(H,62,74)(H,63,71)(H,64,72)(H4,55,56,57)/t31-,34-,35-,36-,37-,38-,39-,43-/m0/s1. The van der Waals surface area contributed by atoms with Gasteiger partial charge in [-0.2, -0.15) is 25.3 Å². The second-order valence-corrected chi connectivity index (χ2v) is 21.1. The Morgan fingerprint density at radius 3 is 1.79 bits per heavy atom. The van der Waals surface area contributed by atoms with Gasteiger partial charge in [0.15, 0.2) is 5.96 Å². The molecule has 422 valence electrons. The van der Waals surface area contributed by atoms with Crippen LogP contribution in [0.4, 0.5) is 0 Å². The Balaban J connectivity index is 1.52. The van der Waals surface area contributed by atoms with E-state index in [1.807, 2.05) is 30.3 Å². The van der Waals surface area contributed by atoms with Crippen LogP contribution < -0.4 is 60.2 Å². The molecule has 2 aromatic carbocycles. The van der Waals surface area contributed by atoms with E-state index in [1.165, 1.54) is 4.90 Å². The fourth-order valence-corrected chi connectivity index (χ4v) is 9.96. The van der Waals surface area contributed by atoms with Crippen molar-refractivity contribution in [2.45, 2.75) is 151 Å². The van der Waals surface area contributed by atoms with E-state index in [0.717, 1.165) is 37.7 Å². The van der Waals surface area contributed by atoms with E-state index in [2.05, 4.69) is 54.8 Å². The molecule has 1 aliphatic heterocycles. The summed E-state index contributed by atoms with van der Waals surface area (Å²) in [4.78, 5) is 141. The Morgan fingerprint density at radius 1 is 0.675 bits per heavy atom. The Morgan fingerprint density at radius 2 is 1.23 bits per heavy atom. The molecule has 23 nitrogen and oxygen atoms in total. The van der Waals surface area contributed by atoms with Crippen LogP contribution in [0.1, 0.15) is 102 Å². The predicted octanol–water partition coefficient (Wildman–Crippen LogP) is -1.10. The molecular formula is C52H77N13O10S2. The Hall–Kier alpha value is -6.89. The van der Waals surface area contributed by atoms with Crippen molar-refractivity contribution < 1.29 is 47.9 Å². The van der Waals surface area contributed by atoms with E-state index < -0.39 is 119 Å². The molecule has 2 aliphatic rings. The average Bonchev–Trinajstić information content (AvgIpc) is 3.91. The number of carbonyl (C=O) groups excluding carboxylic acids is 10. The highest BCUT2D eigenvalue weighted by molar-refractivity contribution is 7.81. The monoisotopic (exact) mass is 1110 g/mol. The van der Waals surface area contributed by atoms with Crippen molar-refractivity contribution in [3.05, 3.63) is 71.8 Å². The molecule has 77 heavy (non-hydrogen) atoms. The zero-order chi connectivity index (χ0) is 56.7. The lowest BCUT2D eigenvalue weighted by atomic mass is 9.85. The number of hydrogen-bond donors (Lipinski definition) is 13. The maximum atomic E-state index is 14.5. The van der Waals surface area contributed by atoms with Gasteiger partial charge in [0.1, 0.15) is 42.3 Å². The van der Waals surface area contributed by atoms with Crippen LogP contribution in [0.25, 0.3) is 0 Å². The molecule has 0 radical (unpaired) electrons. The summed E-state index contributed by atoms with van der Waals surface area (Å²) in [6.07, 6.45) is 5.14. The number of nitrogens with zero attached hydrogens (tertiary/aromatic N) is 2. The number of thiol groups is 2. The third kappa shape index (κ3) is 20.9. The summed E-state index contributed by atoms with van der Waals surface area (Å²) in [5.41, 5.74) is 23.0. The van der Waals surface area contributed by atoms with Gasteiger partial charge in [0.05, 0.1) is 13.0 Å². The van der Waals surface area contributed by atoms with Crippen LogP contribution >= 0.6 is 25.3 Å². The van der Waals surface area contributed by atoms with Gasteiger partial charge >= 0.3 is 0 Å². The molecule has 1 aliphatic carbocycles. The third-order valence-corrected chi connectivity index (χ3v) is 14.6. The smallest absolute Gasteiger partial charge is 0.246 e. The minimum absolute atomic E-state index is 0.0159. The van der Waals surface area contributed by atoms with Crippen LogP contribution in [-0.4, -0.2) is 142 Å². The first-order chi connectivity index (χ1) is 36.6. The first-order valence-corrected chi connectivity index (χ1v) is 27.1. The van der Waals surface area contributed by atoms with Gasteiger partial charge in [-0.15, -0.1) is 0 Å². The third-order valence-electron chi connectivity index (χ3n) is 13.6. The van der Waals surface area contributed by atoms with Crippen LogP contribution in [0.5, 0.6) is 0 Å². The van der Waals surface area contributed by atoms with Gasteiger partial charge in [-0.3, -0.25) is 52.9 Å². The highest BCUT2D eigenvalue weighted by Gasteiger charge is 2.41. The van der Waals surface area contributed by atoms with Crippen molar-refractivity contribution >= 4 is 90.3 Å². The Kier molecular flexibility index (Phi) is 25.5. The van der Waals surface area contributed by atoms with Crippen molar-refractivity contribution in [1.29, 1.82) is 0 Å². The maximum Gasteiger partial charge on any atom is 0.246 e. The average molecular weight is 1110 g/mol. The molecule has 0 spiro atoms. The van der Waals surface area contributed by atoms with Crippen molar-refractivity contribution in [3.8, 4) is 0 Å². The summed E-state index contributed by atoms with van der Waals surface area (Å²) in [5.74, 6) is -8.62. The lowest BCUT2D eigenvalue weighted by Gasteiger charge is -2.32. The predicted molar refractivity (Wildman–Crippen MR) is 295 cm³/mol. The van der Waals surface area contributed by atoms with Gasteiger partial charge in [-0.25, -0.2) is 0 Å². The first-order valence-electron chi connectivity index (χ1n) is 26.1. The van der Waals surface area contributed by atoms with Gasteiger partial charge in [-0.05, 0) is 55.6 Å². The molecule has 2 aromatic rings. The quantitative estimate of drug-likeness (QED) is 0.0192. The lowest BCUT2D eigenvalue weighted by Crippen LogP contribution is -2.61. The number of hydrogen-bond acceptors (Lipinski definition) is 13. The van der Waals surface area contributed by atoms with Crippen LogP contribution in [0.2, 0.25) is 0 Å². The number of likely N-dealkylation sites (tertiary alicyclic amines) is 1. The zero-order valence-electron chi connectivity index (χ0n) is 43.8. The number of primary amides is 2. The SMILES string of the molecule is CC[C@H](C)[C@H](NC(=O)[C@H](Cc1ccccc1)NC(=O)[C@H](Cc1ccccc1)NC(=O)CC1(S)CCCCC1)C(=O)N[C@@H](CC(N)=O)C(=O)N[C@@H](CS)C(=O)N1CCC[C@H]1C(=O)N[C@@H](CCCN=C(N)N)C(=O)NCC(N)=O. The second-order valence-electron chi connectivity index (χ2n) is 19.8. The van der Waals surface area contributed by atoms with Crippen LogP contribution in [0, 0.1) is 5.92 Å². The van der Waals surface area contributed by atoms with Crippen LogP contribution in [-0.2, 0) is 60.8 Å². The fourth-order valence-electron chi connectivity index (χ4n) is 9.25. The fraction of sp³-hybridized carbons (Fsp3) is 0.558. The van der Waals surface area contributed by atoms with Crippen molar-refractivity contribution in [1.82, 2.24) is 42.1 Å². The summed E-state index contributed by atoms with van der Waals surface area (Å²) < 4.78 is -0.514. The number of guanidine groups is 1. The molecule has 0 bridgehead atoms. The van der Waals surface area contributed by atoms with Gasteiger partial charge in [-0.1, -0.05) is 100 Å². The number of nitrogens with two attached hydrogens (primary N) is 4. The number of amides is 10. The minimum atomic E-state index is -1.66.